The van der Waals surface area contributed by atoms with Gasteiger partial charge in [-0.2, -0.15) is 11.8 Å². The lowest BCUT2D eigenvalue weighted by molar-refractivity contribution is 0.0951. The zero-order chi connectivity index (χ0) is 14.8. The molecule has 112 valence electrons. The molecular formula is C16H20N2OS2. The lowest BCUT2D eigenvalue weighted by atomic mass is 10.0. The van der Waals surface area contributed by atoms with Crippen molar-refractivity contribution in [2.75, 3.05) is 23.8 Å². The molecule has 1 aromatic carbocycles. The minimum Gasteiger partial charge on any atom is -0.397 e. The Morgan fingerprint density at radius 3 is 2.90 bits per heavy atom. The van der Waals surface area contributed by atoms with Gasteiger partial charge in [0.15, 0.2) is 0 Å². The van der Waals surface area contributed by atoms with Crippen LogP contribution in [-0.4, -0.2) is 24.0 Å². The first-order valence-electron chi connectivity index (χ1n) is 7.29. The Balaban J connectivity index is 1.73. The van der Waals surface area contributed by atoms with E-state index in [-0.39, 0.29) is 5.91 Å². The SMILES string of the molecule is Cc1ccc2c(N)c(C(=O)NCC3CCSCC3)sc2c1. The van der Waals surface area contributed by atoms with Gasteiger partial charge in [-0.15, -0.1) is 11.3 Å². The average Bonchev–Trinajstić information content (AvgIpc) is 2.82. The number of fused-ring (bicyclic) bond motifs is 1. The molecule has 1 aliphatic rings. The first-order valence-corrected chi connectivity index (χ1v) is 9.27. The Morgan fingerprint density at radius 2 is 2.14 bits per heavy atom. The molecule has 0 bridgehead atoms. The van der Waals surface area contributed by atoms with E-state index in [4.69, 9.17) is 5.73 Å². The van der Waals surface area contributed by atoms with E-state index in [2.05, 4.69) is 18.3 Å². The maximum absolute atomic E-state index is 12.4. The molecule has 2 aromatic rings. The number of thiophene rings is 1. The van der Waals surface area contributed by atoms with Crippen molar-refractivity contribution in [3.05, 3.63) is 28.6 Å². The highest BCUT2D eigenvalue weighted by atomic mass is 32.2. The van der Waals surface area contributed by atoms with Crippen molar-refractivity contribution < 1.29 is 4.79 Å². The largest absolute Gasteiger partial charge is 0.397 e. The Bertz CT molecular complexity index is 660. The van der Waals surface area contributed by atoms with Crippen molar-refractivity contribution in [2.24, 2.45) is 5.92 Å². The average molecular weight is 320 g/mol. The van der Waals surface area contributed by atoms with E-state index in [1.807, 2.05) is 23.9 Å². The van der Waals surface area contributed by atoms with Gasteiger partial charge in [0.1, 0.15) is 4.88 Å². The van der Waals surface area contributed by atoms with Gasteiger partial charge in [-0.1, -0.05) is 12.1 Å². The summed E-state index contributed by atoms with van der Waals surface area (Å²) in [6, 6.07) is 6.13. The summed E-state index contributed by atoms with van der Waals surface area (Å²) in [5, 5.41) is 4.06. The van der Waals surface area contributed by atoms with Crippen LogP contribution in [0, 0.1) is 12.8 Å². The number of amides is 1. The standard InChI is InChI=1S/C16H20N2OS2/c1-10-2-3-12-13(8-10)21-15(14(12)17)16(19)18-9-11-4-6-20-7-5-11/h2-3,8,11H,4-7,9,17H2,1H3,(H,18,19). The third kappa shape index (κ3) is 3.19. The van der Waals surface area contributed by atoms with Crippen molar-refractivity contribution >= 4 is 44.8 Å². The molecule has 0 radical (unpaired) electrons. The molecule has 1 amide bonds. The minimum absolute atomic E-state index is 0.0235. The zero-order valence-electron chi connectivity index (χ0n) is 12.1. The number of rotatable bonds is 3. The van der Waals surface area contributed by atoms with E-state index in [0.717, 1.165) is 16.6 Å². The van der Waals surface area contributed by atoms with Gasteiger partial charge in [0.05, 0.1) is 5.69 Å². The molecule has 2 heterocycles. The highest BCUT2D eigenvalue weighted by Gasteiger charge is 2.19. The second-order valence-electron chi connectivity index (χ2n) is 5.61. The number of hydrogen-bond donors (Lipinski definition) is 2. The normalized spacial score (nSPS) is 16.2. The number of carbonyl (C=O) groups excluding carboxylic acids is 1. The highest BCUT2D eigenvalue weighted by molar-refractivity contribution is 7.99. The molecule has 21 heavy (non-hydrogen) atoms. The van der Waals surface area contributed by atoms with E-state index in [1.165, 1.54) is 41.2 Å². The predicted molar refractivity (Wildman–Crippen MR) is 93.4 cm³/mol. The zero-order valence-corrected chi connectivity index (χ0v) is 13.8. The third-order valence-corrected chi connectivity index (χ3v) is 6.20. The van der Waals surface area contributed by atoms with Crippen LogP contribution in [0.3, 0.4) is 0 Å². The van der Waals surface area contributed by atoms with Crippen LogP contribution in [0.5, 0.6) is 0 Å². The van der Waals surface area contributed by atoms with Crippen LogP contribution in [0.1, 0.15) is 28.1 Å². The fourth-order valence-corrected chi connectivity index (χ4v) is 5.00. The monoisotopic (exact) mass is 320 g/mol. The van der Waals surface area contributed by atoms with Gasteiger partial charge in [-0.25, -0.2) is 0 Å². The lowest BCUT2D eigenvalue weighted by Gasteiger charge is -2.21. The number of thioether (sulfide) groups is 1. The highest BCUT2D eigenvalue weighted by Crippen LogP contribution is 2.34. The number of carbonyl (C=O) groups is 1. The second kappa shape index (κ2) is 6.28. The summed E-state index contributed by atoms with van der Waals surface area (Å²) < 4.78 is 1.09. The minimum atomic E-state index is -0.0235. The van der Waals surface area contributed by atoms with Crippen LogP contribution < -0.4 is 11.1 Å². The fourth-order valence-electron chi connectivity index (χ4n) is 2.66. The summed E-state index contributed by atoms with van der Waals surface area (Å²) in [5.74, 6) is 3.02. The van der Waals surface area contributed by atoms with Crippen molar-refractivity contribution in [3.8, 4) is 0 Å². The van der Waals surface area contributed by atoms with Gasteiger partial charge in [0.25, 0.3) is 5.91 Å². The topological polar surface area (TPSA) is 55.1 Å². The number of benzene rings is 1. The summed E-state index contributed by atoms with van der Waals surface area (Å²) in [6.45, 7) is 2.82. The van der Waals surface area contributed by atoms with E-state index < -0.39 is 0 Å². The van der Waals surface area contributed by atoms with Gasteiger partial charge < -0.3 is 11.1 Å². The van der Waals surface area contributed by atoms with Crippen LogP contribution in [0.25, 0.3) is 10.1 Å². The van der Waals surface area contributed by atoms with Gasteiger partial charge in [-0.05, 0) is 48.8 Å². The molecule has 0 atom stereocenters. The number of nitrogens with one attached hydrogen (secondary N) is 1. The number of nitrogens with two attached hydrogens (primary N) is 1. The number of aryl methyl sites for hydroxylation is 1. The summed E-state index contributed by atoms with van der Waals surface area (Å²) in [7, 11) is 0. The predicted octanol–water partition coefficient (Wildman–Crippen LogP) is 3.66. The summed E-state index contributed by atoms with van der Waals surface area (Å²) in [4.78, 5) is 13.0. The smallest absolute Gasteiger partial charge is 0.263 e. The number of nitrogen functional groups attached to an aromatic ring is 1. The van der Waals surface area contributed by atoms with Gasteiger partial charge in [-0.3, -0.25) is 4.79 Å². The molecule has 3 N–H and O–H groups in total. The Kier molecular flexibility index (Phi) is 4.40. The van der Waals surface area contributed by atoms with Crippen molar-refractivity contribution in [2.45, 2.75) is 19.8 Å². The van der Waals surface area contributed by atoms with Crippen LogP contribution in [-0.2, 0) is 0 Å². The van der Waals surface area contributed by atoms with E-state index in [1.54, 1.807) is 0 Å². The van der Waals surface area contributed by atoms with E-state index in [0.29, 0.717) is 16.5 Å². The number of anilines is 1. The maximum atomic E-state index is 12.4. The first-order chi connectivity index (χ1) is 10.1. The molecule has 0 aliphatic carbocycles. The molecular weight excluding hydrogens is 300 g/mol. The molecule has 1 saturated heterocycles. The number of hydrogen-bond acceptors (Lipinski definition) is 4. The van der Waals surface area contributed by atoms with Crippen molar-refractivity contribution in [1.29, 1.82) is 0 Å². The van der Waals surface area contributed by atoms with E-state index >= 15 is 0 Å². The van der Waals surface area contributed by atoms with Crippen LogP contribution in [0.2, 0.25) is 0 Å². The molecule has 1 fully saturated rings. The Morgan fingerprint density at radius 1 is 1.38 bits per heavy atom. The fraction of sp³-hybridized carbons (Fsp3) is 0.438. The Labute approximate surface area is 133 Å². The van der Waals surface area contributed by atoms with Crippen molar-refractivity contribution in [1.82, 2.24) is 5.32 Å². The maximum Gasteiger partial charge on any atom is 0.263 e. The van der Waals surface area contributed by atoms with Crippen molar-refractivity contribution in [3.63, 3.8) is 0 Å². The molecule has 0 unspecified atom stereocenters. The van der Waals surface area contributed by atoms with Crippen LogP contribution in [0.4, 0.5) is 5.69 Å². The Hall–Kier alpha value is -1.20. The molecule has 5 heteroatoms. The quantitative estimate of drug-likeness (QED) is 0.907. The summed E-state index contributed by atoms with van der Waals surface area (Å²) in [5.41, 5.74) is 7.95. The van der Waals surface area contributed by atoms with Gasteiger partial charge in [0, 0.05) is 16.6 Å². The van der Waals surface area contributed by atoms with Gasteiger partial charge >= 0.3 is 0 Å². The summed E-state index contributed by atoms with van der Waals surface area (Å²) in [6.07, 6.45) is 2.40. The molecule has 0 spiro atoms. The third-order valence-electron chi connectivity index (χ3n) is 3.98. The van der Waals surface area contributed by atoms with Crippen LogP contribution >= 0.6 is 23.1 Å². The van der Waals surface area contributed by atoms with E-state index in [9.17, 15) is 4.79 Å². The van der Waals surface area contributed by atoms with Gasteiger partial charge in [0.2, 0.25) is 0 Å². The first kappa shape index (κ1) is 14.7. The molecule has 1 aromatic heterocycles. The van der Waals surface area contributed by atoms with Crippen LogP contribution in [0.15, 0.2) is 18.2 Å². The lowest BCUT2D eigenvalue weighted by Crippen LogP contribution is -2.30. The second-order valence-corrected chi connectivity index (χ2v) is 7.89. The summed E-state index contributed by atoms with van der Waals surface area (Å²) >= 11 is 3.50. The molecule has 1 aliphatic heterocycles. The molecule has 0 saturated carbocycles. The molecule has 3 nitrogen and oxygen atoms in total. The molecule has 3 rings (SSSR count).